The maximum absolute atomic E-state index is 12.2. The van der Waals surface area contributed by atoms with E-state index in [-0.39, 0.29) is 17.5 Å². The van der Waals surface area contributed by atoms with Crippen LogP contribution in [0.1, 0.15) is 49.0 Å². The molecule has 1 aromatic carbocycles. The highest BCUT2D eigenvalue weighted by molar-refractivity contribution is 5.87. The van der Waals surface area contributed by atoms with E-state index in [0.717, 1.165) is 18.4 Å². The second-order valence-corrected chi connectivity index (χ2v) is 5.63. The molecule has 1 aromatic rings. The van der Waals surface area contributed by atoms with Gasteiger partial charge in [-0.2, -0.15) is 0 Å². The number of carboxylic acids is 1. The van der Waals surface area contributed by atoms with Crippen molar-refractivity contribution in [2.75, 3.05) is 0 Å². The number of nitrogens with zero attached hydrogens (tertiary/aromatic N) is 1. The van der Waals surface area contributed by atoms with Crippen LogP contribution < -0.4 is 0 Å². The van der Waals surface area contributed by atoms with Crippen LogP contribution in [0.2, 0.25) is 0 Å². The van der Waals surface area contributed by atoms with Gasteiger partial charge in [-0.05, 0) is 50.8 Å². The second-order valence-electron chi connectivity index (χ2n) is 5.63. The van der Waals surface area contributed by atoms with Crippen molar-refractivity contribution in [1.29, 1.82) is 0 Å². The predicted molar refractivity (Wildman–Crippen MR) is 76.7 cm³/mol. The first kappa shape index (κ1) is 14.6. The molecule has 1 amide bonds. The minimum absolute atomic E-state index is 0.199. The van der Waals surface area contributed by atoms with Crippen molar-refractivity contribution in [3.63, 3.8) is 0 Å². The summed E-state index contributed by atoms with van der Waals surface area (Å²) in [6.07, 6.45) is 3.39. The molecule has 0 aromatic heterocycles. The second kappa shape index (κ2) is 6.07. The van der Waals surface area contributed by atoms with Crippen molar-refractivity contribution in [2.45, 2.75) is 51.6 Å². The Morgan fingerprint density at radius 3 is 2.30 bits per heavy atom. The molecule has 0 radical (unpaired) electrons. The largest absolute Gasteiger partial charge is 0.478 e. The number of carbonyl (C=O) groups excluding carboxylic acids is 1. The van der Waals surface area contributed by atoms with Crippen molar-refractivity contribution in [3.8, 4) is 0 Å². The lowest BCUT2D eigenvalue weighted by Gasteiger charge is -2.26. The molecular formula is C16H21NO3. The zero-order valence-corrected chi connectivity index (χ0v) is 12.0. The highest BCUT2D eigenvalue weighted by Crippen LogP contribution is 2.29. The minimum Gasteiger partial charge on any atom is -0.478 e. The molecule has 0 aliphatic heterocycles. The molecule has 1 aliphatic carbocycles. The molecular weight excluding hydrogens is 254 g/mol. The molecule has 4 nitrogen and oxygen atoms in total. The molecule has 1 saturated carbocycles. The highest BCUT2D eigenvalue weighted by Gasteiger charge is 2.33. The number of amides is 1. The average molecular weight is 275 g/mol. The van der Waals surface area contributed by atoms with Crippen LogP contribution in [0, 0.1) is 0 Å². The molecule has 0 unspecified atom stereocenters. The number of hydrogen-bond acceptors (Lipinski definition) is 2. The van der Waals surface area contributed by atoms with Gasteiger partial charge in [-0.1, -0.05) is 12.1 Å². The van der Waals surface area contributed by atoms with Crippen molar-refractivity contribution >= 4 is 11.9 Å². The molecule has 108 valence electrons. The minimum atomic E-state index is -0.924. The van der Waals surface area contributed by atoms with E-state index in [0.29, 0.717) is 18.9 Å². The molecule has 0 heterocycles. The summed E-state index contributed by atoms with van der Waals surface area (Å²) in [5.41, 5.74) is 1.28. The highest BCUT2D eigenvalue weighted by atomic mass is 16.4. The fraction of sp³-hybridized carbons (Fsp3) is 0.500. The van der Waals surface area contributed by atoms with Crippen LogP contribution >= 0.6 is 0 Å². The van der Waals surface area contributed by atoms with Gasteiger partial charge in [0, 0.05) is 18.5 Å². The molecule has 0 saturated heterocycles. The smallest absolute Gasteiger partial charge is 0.335 e. The Bertz CT molecular complexity index is 487. The molecule has 20 heavy (non-hydrogen) atoms. The molecule has 4 heteroatoms. The van der Waals surface area contributed by atoms with Crippen molar-refractivity contribution in [1.82, 2.24) is 4.90 Å². The Morgan fingerprint density at radius 1 is 1.25 bits per heavy atom. The predicted octanol–water partition coefficient (Wildman–Crippen LogP) is 2.72. The fourth-order valence-corrected chi connectivity index (χ4v) is 2.46. The monoisotopic (exact) mass is 275 g/mol. The van der Waals surface area contributed by atoms with E-state index in [1.165, 1.54) is 0 Å². The summed E-state index contributed by atoms with van der Waals surface area (Å²) in [4.78, 5) is 25.0. The lowest BCUT2D eigenvalue weighted by molar-refractivity contribution is -0.133. The summed E-state index contributed by atoms with van der Waals surface area (Å²) < 4.78 is 0. The van der Waals surface area contributed by atoms with Gasteiger partial charge < -0.3 is 10.0 Å². The lowest BCUT2D eigenvalue weighted by Crippen LogP contribution is -2.38. The van der Waals surface area contributed by atoms with E-state index in [4.69, 9.17) is 5.11 Å². The number of benzene rings is 1. The van der Waals surface area contributed by atoms with Crippen LogP contribution in [0.5, 0.6) is 0 Å². The Morgan fingerprint density at radius 2 is 1.85 bits per heavy atom. The zero-order chi connectivity index (χ0) is 14.7. The molecule has 1 aliphatic rings. The van der Waals surface area contributed by atoms with Crippen LogP contribution in [0.3, 0.4) is 0 Å². The van der Waals surface area contributed by atoms with E-state index < -0.39 is 5.97 Å². The molecule has 0 bridgehead atoms. The van der Waals surface area contributed by atoms with Gasteiger partial charge in [0.15, 0.2) is 0 Å². The maximum atomic E-state index is 12.2. The van der Waals surface area contributed by atoms with Crippen LogP contribution in [0.4, 0.5) is 0 Å². The van der Waals surface area contributed by atoms with Crippen LogP contribution in [0.15, 0.2) is 24.3 Å². The van der Waals surface area contributed by atoms with Crippen molar-refractivity contribution < 1.29 is 14.7 Å². The number of hydrogen-bond donors (Lipinski definition) is 1. The van der Waals surface area contributed by atoms with E-state index in [9.17, 15) is 9.59 Å². The van der Waals surface area contributed by atoms with Crippen molar-refractivity contribution in [3.05, 3.63) is 35.4 Å². The van der Waals surface area contributed by atoms with Crippen LogP contribution in [0.25, 0.3) is 0 Å². The number of aryl methyl sites for hydroxylation is 1. The Hall–Kier alpha value is -1.84. The standard InChI is InChI=1S/C16H21NO3/c1-11(2)17(14-8-9-14)15(18)10-5-12-3-6-13(7-4-12)16(19)20/h3-4,6-7,11,14H,5,8-10H2,1-2H3,(H,19,20). The van der Waals surface area contributed by atoms with Gasteiger partial charge in [-0.3, -0.25) is 4.79 Å². The summed E-state index contributed by atoms with van der Waals surface area (Å²) in [5, 5.41) is 8.83. The first-order chi connectivity index (χ1) is 9.49. The van der Waals surface area contributed by atoms with E-state index in [1.807, 2.05) is 4.90 Å². The zero-order valence-electron chi connectivity index (χ0n) is 12.0. The van der Waals surface area contributed by atoms with Crippen LogP contribution in [-0.4, -0.2) is 34.0 Å². The Kier molecular flexibility index (Phi) is 4.42. The molecule has 0 atom stereocenters. The maximum Gasteiger partial charge on any atom is 0.335 e. The quantitative estimate of drug-likeness (QED) is 0.868. The van der Waals surface area contributed by atoms with Gasteiger partial charge in [-0.25, -0.2) is 4.79 Å². The Labute approximate surface area is 119 Å². The number of rotatable bonds is 6. The molecule has 1 N–H and O–H groups in total. The van der Waals surface area contributed by atoms with Gasteiger partial charge in [0.05, 0.1) is 5.56 Å². The summed E-state index contributed by atoms with van der Waals surface area (Å²) >= 11 is 0. The average Bonchev–Trinajstić information content (AvgIpc) is 3.21. The van der Waals surface area contributed by atoms with Gasteiger partial charge in [0.25, 0.3) is 0 Å². The van der Waals surface area contributed by atoms with E-state index in [1.54, 1.807) is 24.3 Å². The third-order valence-corrected chi connectivity index (χ3v) is 3.61. The first-order valence-corrected chi connectivity index (χ1v) is 7.12. The third kappa shape index (κ3) is 3.59. The normalized spacial score (nSPS) is 14.3. The van der Waals surface area contributed by atoms with Gasteiger partial charge in [0.1, 0.15) is 0 Å². The summed E-state index contributed by atoms with van der Waals surface area (Å²) in [7, 11) is 0. The van der Waals surface area contributed by atoms with Gasteiger partial charge in [0.2, 0.25) is 5.91 Å². The van der Waals surface area contributed by atoms with Gasteiger partial charge in [-0.15, -0.1) is 0 Å². The molecule has 0 spiro atoms. The number of carbonyl (C=O) groups is 2. The van der Waals surface area contributed by atoms with Gasteiger partial charge >= 0.3 is 5.97 Å². The topological polar surface area (TPSA) is 57.6 Å². The first-order valence-electron chi connectivity index (χ1n) is 7.12. The number of aromatic carboxylic acids is 1. The van der Waals surface area contributed by atoms with E-state index >= 15 is 0 Å². The summed E-state index contributed by atoms with van der Waals surface area (Å²) in [6.45, 7) is 4.11. The summed E-state index contributed by atoms with van der Waals surface area (Å²) in [5.74, 6) is -0.725. The SMILES string of the molecule is CC(C)N(C(=O)CCc1ccc(C(=O)O)cc1)C1CC1. The van der Waals surface area contributed by atoms with Crippen molar-refractivity contribution in [2.24, 2.45) is 0 Å². The number of carboxylic acid groups (broad SMARTS) is 1. The molecule has 2 rings (SSSR count). The fourth-order valence-electron chi connectivity index (χ4n) is 2.46. The molecule has 1 fully saturated rings. The summed E-state index contributed by atoms with van der Waals surface area (Å²) in [6, 6.07) is 7.44. The third-order valence-electron chi connectivity index (χ3n) is 3.61. The van der Waals surface area contributed by atoms with Crippen LogP contribution in [-0.2, 0) is 11.2 Å². The van der Waals surface area contributed by atoms with E-state index in [2.05, 4.69) is 13.8 Å². The Balaban J connectivity index is 1.90. The lowest BCUT2D eigenvalue weighted by atomic mass is 10.1.